The van der Waals surface area contributed by atoms with Crippen molar-refractivity contribution in [2.24, 2.45) is 5.73 Å². The van der Waals surface area contributed by atoms with Crippen LogP contribution in [-0.4, -0.2) is 56.2 Å². The Hall–Kier alpha value is -0.200. The van der Waals surface area contributed by atoms with E-state index in [1.807, 2.05) is 0 Å². The van der Waals surface area contributed by atoms with Crippen molar-refractivity contribution < 1.29 is 12.8 Å². The van der Waals surface area contributed by atoms with Gasteiger partial charge >= 0.3 is 0 Å². The summed E-state index contributed by atoms with van der Waals surface area (Å²) in [4.78, 5) is 2.10. The van der Waals surface area contributed by atoms with Crippen molar-refractivity contribution in [2.75, 3.05) is 31.1 Å². The smallest absolute Gasteiger partial charge is 0.150 e. The van der Waals surface area contributed by atoms with Gasteiger partial charge in [0.05, 0.1) is 11.5 Å². The molecule has 0 radical (unpaired) electrons. The summed E-state index contributed by atoms with van der Waals surface area (Å²) in [5.74, 6) is 0.492. The molecule has 2 aliphatic rings. The highest BCUT2D eigenvalue weighted by Crippen LogP contribution is 2.28. The van der Waals surface area contributed by atoms with Crippen LogP contribution in [0.15, 0.2) is 0 Å². The first-order valence-corrected chi connectivity index (χ1v) is 8.10. The van der Waals surface area contributed by atoms with E-state index >= 15 is 0 Å². The Morgan fingerprint density at radius 3 is 2.59 bits per heavy atom. The van der Waals surface area contributed by atoms with E-state index in [2.05, 4.69) is 4.90 Å². The molecule has 2 rings (SSSR count). The molecular weight excluding hydrogens is 243 g/mol. The van der Waals surface area contributed by atoms with Crippen LogP contribution in [0.25, 0.3) is 0 Å². The van der Waals surface area contributed by atoms with Gasteiger partial charge in [0.25, 0.3) is 0 Å². The maximum absolute atomic E-state index is 14.2. The molecule has 0 amide bonds. The number of sulfone groups is 1. The summed E-state index contributed by atoms with van der Waals surface area (Å²) in [6, 6.07) is 0.223. The molecule has 100 valence electrons. The van der Waals surface area contributed by atoms with E-state index in [9.17, 15) is 12.8 Å². The first-order valence-electron chi connectivity index (χ1n) is 6.28. The van der Waals surface area contributed by atoms with Crippen molar-refractivity contribution in [2.45, 2.75) is 37.4 Å². The van der Waals surface area contributed by atoms with Crippen molar-refractivity contribution in [3.05, 3.63) is 0 Å². The minimum Gasteiger partial charge on any atom is -0.327 e. The lowest BCUT2D eigenvalue weighted by Crippen LogP contribution is -2.54. The summed E-state index contributed by atoms with van der Waals surface area (Å²) in [6.07, 6.45) is 2.63. The van der Waals surface area contributed by atoms with Crippen LogP contribution in [0.4, 0.5) is 4.39 Å². The molecule has 2 N–H and O–H groups in total. The summed E-state index contributed by atoms with van der Waals surface area (Å²) in [7, 11) is -2.83. The van der Waals surface area contributed by atoms with Gasteiger partial charge in [-0.2, -0.15) is 0 Å². The predicted molar refractivity (Wildman–Crippen MR) is 65.4 cm³/mol. The highest BCUT2D eigenvalue weighted by atomic mass is 32.2. The standard InChI is InChI=1S/C11H21FN2O2S/c12-11(8-13)4-1-5-14(9-11)10-2-6-17(15,16)7-3-10/h10H,1-9,13H2. The molecule has 0 saturated carbocycles. The largest absolute Gasteiger partial charge is 0.327 e. The Morgan fingerprint density at radius 1 is 1.35 bits per heavy atom. The molecule has 2 saturated heterocycles. The number of piperidine rings is 1. The van der Waals surface area contributed by atoms with Crippen LogP contribution in [0.5, 0.6) is 0 Å². The summed E-state index contributed by atoms with van der Waals surface area (Å²) < 4.78 is 36.9. The average Bonchev–Trinajstić information content (AvgIpc) is 2.29. The Bertz CT molecular complexity index is 360. The fourth-order valence-corrected chi connectivity index (χ4v) is 4.31. The van der Waals surface area contributed by atoms with Crippen LogP contribution in [0.3, 0.4) is 0 Å². The summed E-state index contributed by atoms with van der Waals surface area (Å²) in [5.41, 5.74) is 4.21. The molecule has 1 atom stereocenters. The highest BCUT2D eigenvalue weighted by molar-refractivity contribution is 7.91. The van der Waals surface area contributed by atoms with Gasteiger partial charge in [-0.1, -0.05) is 0 Å². The summed E-state index contributed by atoms with van der Waals surface area (Å²) in [6.45, 7) is 1.30. The second-order valence-electron chi connectivity index (χ2n) is 5.31. The molecule has 0 aromatic rings. The van der Waals surface area contributed by atoms with Crippen LogP contribution in [0.1, 0.15) is 25.7 Å². The number of nitrogens with two attached hydrogens (primary N) is 1. The van der Waals surface area contributed by atoms with Crippen LogP contribution < -0.4 is 5.73 Å². The van der Waals surface area contributed by atoms with E-state index in [0.717, 1.165) is 13.0 Å². The lowest BCUT2D eigenvalue weighted by atomic mass is 9.93. The molecule has 0 aromatic carbocycles. The van der Waals surface area contributed by atoms with Gasteiger partial charge in [0.15, 0.2) is 0 Å². The number of likely N-dealkylation sites (tertiary alicyclic amines) is 1. The molecule has 2 heterocycles. The van der Waals surface area contributed by atoms with Crippen LogP contribution in [0, 0.1) is 0 Å². The Balaban J connectivity index is 1.95. The van der Waals surface area contributed by atoms with Gasteiger partial charge in [-0.05, 0) is 32.2 Å². The van der Waals surface area contributed by atoms with E-state index in [1.165, 1.54) is 0 Å². The monoisotopic (exact) mass is 264 g/mol. The first kappa shape index (κ1) is 13.2. The van der Waals surface area contributed by atoms with Gasteiger partial charge in [-0.25, -0.2) is 12.8 Å². The Kier molecular flexibility index (Phi) is 3.75. The average molecular weight is 264 g/mol. The van der Waals surface area contributed by atoms with Crippen LogP contribution in [0.2, 0.25) is 0 Å². The SMILES string of the molecule is NCC1(F)CCCN(C2CCS(=O)(=O)CC2)C1. The lowest BCUT2D eigenvalue weighted by molar-refractivity contribution is 0.0257. The number of alkyl halides is 1. The fourth-order valence-electron chi connectivity index (χ4n) is 2.84. The molecule has 4 nitrogen and oxygen atoms in total. The number of hydrogen-bond donors (Lipinski definition) is 1. The number of halogens is 1. The third kappa shape index (κ3) is 3.17. The van der Waals surface area contributed by atoms with Gasteiger partial charge in [0.2, 0.25) is 0 Å². The molecule has 2 fully saturated rings. The second-order valence-corrected chi connectivity index (χ2v) is 7.62. The van der Waals surface area contributed by atoms with Crippen molar-refractivity contribution >= 4 is 9.84 Å². The minimum absolute atomic E-state index is 0.0640. The van der Waals surface area contributed by atoms with Gasteiger partial charge in [0.1, 0.15) is 15.5 Å². The third-order valence-electron chi connectivity index (χ3n) is 3.96. The van der Waals surface area contributed by atoms with Crippen molar-refractivity contribution in [3.63, 3.8) is 0 Å². The van der Waals surface area contributed by atoms with Gasteiger partial charge < -0.3 is 5.73 Å². The van der Waals surface area contributed by atoms with Crippen molar-refractivity contribution in [1.29, 1.82) is 0 Å². The predicted octanol–water partition coefficient (Wildman–Crippen LogP) is 0.326. The van der Waals surface area contributed by atoms with Crippen molar-refractivity contribution in [3.8, 4) is 0 Å². The number of rotatable bonds is 2. The van der Waals surface area contributed by atoms with E-state index < -0.39 is 15.5 Å². The van der Waals surface area contributed by atoms with Gasteiger partial charge in [-0.3, -0.25) is 4.90 Å². The maximum Gasteiger partial charge on any atom is 0.150 e. The normalized spacial score (nSPS) is 35.9. The molecule has 1 unspecified atom stereocenters. The first-order chi connectivity index (χ1) is 7.94. The third-order valence-corrected chi connectivity index (χ3v) is 5.68. The zero-order chi connectivity index (χ0) is 12.5. The molecule has 0 spiro atoms. The minimum atomic E-state index is -2.83. The summed E-state index contributed by atoms with van der Waals surface area (Å²) >= 11 is 0. The molecule has 0 bridgehead atoms. The second kappa shape index (κ2) is 4.82. The fraction of sp³-hybridized carbons (Fsp3) is 1.00. The lowest BCUT2D eigenvalue weighted by Gasteiger charge is -2.42. The van der Waals surface area contributed by atoms with E-state index in [0.29, 0.717) is 25.8 Å². The molecule has 6 heteroatoms. The molecule has 0 aromatic heterocycles. The molecule has 17 heavy (non-hydrogen) atoms. The molecule has 0 aliphatic carbocycles. The topological polar surface area (TPSA) is 63.4 Å². The van der Waals surface area contributed by atoms with E-state index in [4.69, 9.17) is 5.73 Å². The summed E-state index contributed by atoms with van der Waals surface area (Å²) in [5, 5.41) is 0. The van der Waals surface area contributed by atoms with Crippen LogP contribution in [-0.2, 0) is 9.84 Å². The zero-order valence-corrected chi connectivity index (χ0v) is 10.9. The zero-order valence-electron chi connectivity index (χ0n) is 10.1. The van der Waals surface area contributed by atoms with E-state index in [-0.39, 0.29) is 24.1 Å². The Labute approximate surface area is 102 Å². The number of hydrogen-bond acceptors (Lipinski definition) is 4. The number of nitrogens with zero attached hydrogens (tertiary/aromatic N) is 1. The van der Waals surface area contributed by atoms with Gasteiger partial charge in [0, 0.05) is 19.1 Å². The van der Waals surface area contributed by atoms with E-state index in [1.54, 1.807) is 0 Å². The quantitative estimate of drug-likeness (QED) is 0.780. The van der Waals surface area contributed by atoms with Gasteiger partial charge in [-0.15, -0.1) is 0 Å². The van der Waals surface area contributed by atoms with Crippen molar-refractivity contribution in [1.82, 2.24) is 4.90 Å². The Morgan fingerprint density at radius 2 is 2.00 bits per heavy atom. The highest BCUT2D eigenvalue weighted by Gasteiger charge is 2.38. The van der Waals surface area contributed by atoms with Crippen LogP contribution >= 0.6 is 0 Å². The molecular formula is C11H21FN2O2S. The molecule has 2 aliphatic heterocycles. The maximum atomic E-state index is 14.2.